The van der Waals surface area contributed by atoms with Crippen LogP contribution in [0.2, 0.25) is 0 Å². The number of hydrogen-bond donors (Lipinski definition) is 1. The molecular formula is C17H21N3. The number of aromatic nitrogens is 2. The Morgan fingerprint density at radius 3 is 2.85 bits per heavy atom. The molecule has 3 heteroatoms. The molecule has 1 aromatic heterocycles. The molecule has 1 aliphatic carbocycles. The average molecular weight is 267 g/mol. The topological polar surface area (TPSA) is 29.9 Å². The van der Waals surface area contributed by atoms with E-state index in [1.807, 2.05) is 0 Å². The lowest BCUT2D eigenvalue weighted by molar-refractivity contribution is 0.576. The molecule has 1 fully saturated rings. The Hall–Kier alpha value is -1.61. The maximum absolute atomic E-state index is 4.93. The van der Waals surface area contributed by atoms with Crippen molar-refractivity contribution < 1.29 is 0 Å². The highest BCUT2D eigenvalue weighted by Crippen LogP contribution is 2.40. The van der Waals surface area contributed by atoms with Crippen molar-refractivity contribution in [3.63, 3.8) is 0 Å². The van der Waals surface area contributed by atoms with Gasteiger partial charge in [-0.05, 0) is 24.8 Å². The fourth-order valence-electron chi connectivity index (χ4n) is 3.18. The van der Waals surface area contributed by atoms with Gasteiger partial charge in [0.05, 0.1) is 5.69 Å². The maximum atomic E-state index is 4.93. The SMILES string of the molecule is c1ccc(CCn2c(C3CC3)nc3c2CCNC3)cc1. The standard InChI is InChI=1S/C17H21N3/c1-2-4-13(5-3-1)9-11-20-16-8-10-18-12-15(16)19-17(20)14-6-7-14/h1-5,14,18H,6-12H2. The maximum Gasteiger partial charge on any atom is 0.112 e. The van der Waals surface area contributed by atoms with E-state index in [9.17, 15) is 0 Å². The molecule has 0 saturated heterocycles. The fraction of sp³-hybridized carbons (Fsp3) is 0.471. The van der Waals surface area contributed by atoms with Crippen molar-refractivity contribution in [1.82, 2.24) is 14.9 Å². The molecule has 104 valence electrons. The Kier molecular flexibility index (Phi) is 3.07. The van der Waals surface area contributed by atoms with E-state index in [-0.39, 0.29) is 0 Å². The van der Waals surface area contributed by atoms with Crippen molar-refractivity contribution in [2.24, 2.45) is 0 Å². The van der Waals surface area contributed by atoms with E-state index in [1.54, 1.807) is 0 Å². The molecule has 2 aromatic rings. The summed E-state index contributed by atoms with van der Waals surface area (Å²) in [6.45, 7) is 3.12. The number of imidazole rings is 1. The van der Waals surface area contributed by atoms with Gasteiger partial charge in [-0.3, -0.25) is 0 Å². The number of hydrogen-bond acceptors (Lipinski definition) is 2. The molecule has 2 heterocycles. The number of fused-ring (bicyclic) bond motifs is 1. The van der Waals surface area contributed by atoms with Gasteiger partial charge in [-0.15, -0.1) is 0 Å². The molecule has 0 bridgehead atoms. The summed E-state index contributed by atoms with van der Waals surface area (Å²) in [6, 6.07) is 10.8. The average Bonchev–Trinajstić information content (AvgIpc) is 3.28. The van der Waals surface area contributed by atoms with Crippen LogP contribution < -0.4 is 5.32 Å². The Labute approximate surface area is 120 Å². The monoisotopic (exact) mass is 267 g/mol. The van der Waals surface area contributed by atoms with Crippen molar-refractivity contribution >= 4 is 0 Å². The van der Waals surface area contributed by atoms with Gasteiger partial charge in [-0.1, -0.05) is 30.3 Å². The molecule has 1 saturated carbocycles. The van der Waals surface area contributed by atoms with Gasteiger partial charge in [-0.25, -0.2) is 4.98 Å². The molecule has 0 radical (unpaired) electrons. The van der Waals surface area contributed by atoms with Gasteiger partial charge in [0.25, 0.3) is 0 Å². The van der Waals surface area contributed by atoms with Crippen molar-refractivity contribution in [3.05, 3.63) is 53.1 Å². The molecule has 20 heavy (non-hydrogen) atoms. The lowest BCUT2D eigenvalue weighted by Crippen LogP contribution is -2.25. The molecule has 0 unspecified atom stereocenters. The van der Waals surface area contributed by atoms with Crippen molar-refractivity contribution in [2.45, 2.75) is 44.7 Å². The summed E-state index contributed by atoms with van der Waals surface area (Å²) < 4.78 is 2.53. The van der Waals surface area contributed by atoms with Crippen molar-refractivity contribution in [2.75, 3.05) is 6.54 Å². The van der Waals surface area contributed by atoms with Crippen LogP contribution in [0.15, 0.2) is 30.3 Å². The number of benzene rings is 1. The minimum absolute atomic E-state index is 0.733. The van der Waals surface area contributed by atoms with Crippen LogP contribution in [-0.4, -0.2) is 16.1 Å². The van der Waals surface area contributed by atoms with Crippen LogP contribution in [0.3, 0.4) is 0 Å². The summed E-state index contributed by atoms with van der Waals surface area (Å²) in [6.07, 6.45) is 4.89. The van der Waals surface area contributed by atoms with Gasteiger partial charge >= 0.3 is 0 Å². The highest BCUT2D eigenvalue weighted by molar-refractivity contribution is 5.24. The van der Waals surface area contributed by atoms with Crippen LogP contribution in [0, 0.1) is 0 Å². The van der Waals surface area contributed by atoms with Crippen molar-refractivity contribution in [3.8, 4) is 0 Å². The molecule has 0 spiro atoms. The van der Waals surface area contributed by atoms with E-state index < -0.39 is 0 Å². The molecule has 1 N–H and O–H groups in total. The van der Waals surface area contributed by atoms with E-state index in [1.165, 1.54) is 35.6 Å². The van der Waals surface area contributed by atoms with Gasteiger partial charge in [-0.2, -0.15) is 0 Å². The smallest absolute Gasteiger partial charge is 0.112 e. The molecular weight excluding hydrogens is 246 g/mol. The molecule has 2 aliphatic rings. The van der Waals surface area contributed by atoms with E-state index in [0.29, 0.717) is 0 Å². The minimum atomic E-state index is 0.733. The summed E-state index contributed by atoms with van der Waals surface area (Å²) >= 11 is 0. The van der Waals surface area contributed by atoms with Gasteiger partial charge < -0.3 is 9.88 Å². The van der Waals surface area contributed by atoms with Gasteiger partial charge in [0, 0.05) is 37.7 Å². The highest BCUT2D eigenvalue weighted by atomic mass is 15.1. The second kappa shape index (κ2) is 5.06. The van der Waals surface area contributed by atoms with E-state index in [0.717, 1.165) is 38.4 Å². The number of rotatable bonds is 4. The highest BCUT2D eigenvalue weighted by Gasteiger charge is 2.31. The zero-order valence-electron chi connectivity index (χ0n) is 11.8. The first kappa shape index (κ1) is 12.2. The Morgan fingerprint density at radius 2 is 2.05 bits per heavy atom. The Balaban J connectivity index is 1.61. The number of nitrogens with one attached hydrogen (secondary N) is 1. The van der Waals surface area contributed by atoms with E-state index in [4.69, 9.17) is 4.98 Å². The van der Waals surface area contributed by atoms with E-state index in [2.05, 4.69) is 40.2 Å². The zero-order chi connectivity index (χ0) is 13.4. The summed E-state index contributed by atoms with van der Waals surface area (Å²) in [5.41, 5.74) is 4.21. The van der Waals surface area contributed by atoms with Crippen LogP contribution in [0.4, 0.5) is 0 Å². The Morgan fingerprint density at radius 1 is 1.20 bits per heavy atom. The van der Waals surface area contributed by atoms with Crippen LogP contribution in [0.25, 0.3) is 0 Å². The molecule has 0 atom stereocenters. The summed E-state index contributed by atoms with van der Waals surface area (Å²) in [4.78, 5) is 4.93. The van der Waals surface area contributed by atoms with Crippen molar-refractivity contribution in [1.29, 1.82) is 0 Å². The number of aryl methyl sites for hydroxylation is 1. The van der Waals surface area contributed by atoms with Crippen LogP contribution >= 0.6 is 0 Å². The minimum Gasteiger partial charge on any atom is -0.331 e. The quantitative estimate of drug-likeness (QED) is 0.923. The second-order valence-corrected chi connectivity index (χ2v) is 5.95. The largest absolute Gasteiger partial charge is 0.331 e. The van der Waals surface area contributed by atoms with E-state index >= 15 is 0 Å². The van der Waals surface area contributed by atoms with Crippen LogP contribution in [-0.2, 0) is 25.9 Å². The van der Waals surface area contributed by atoms with Crippen LogP contribution in [0.5, 0.6) is 0 Å². The third-order valence-electron chi connectivity index (χ3n) is 4.43. The summed E-state index contributed by atoms with van der Waals surface area (Å²) in [7, 11) is 0. The third-order valence-corrected chi connectivity index (χ3v) is 4.43. The normalized spacial score (nSPS) is 18.0. The van der Waals surface area contributed by atoms with Gasteiger partial charge in [0.1, 0.15) is 5.82 Å². The first-order chi connectivity index (χ1) is 9.92. The predicted octanol–water partition coefficient (Wildman–Crippen LogP) is 2.65. The first-order valence-corrected chi connectivity index (χ1v) is 7.74. The molecule has 1 aromatic carbocycles. The third kappa shape index (κ3) is 2.27. The summed E-state index contributed by atoms with van der Waals surface area (Å²) in [5.74, 6) is 2.09. The van der Waals surface area contributed by atoms with Gasteiger partial charge in [0.2, 0.25) is 0 Å². The predicted molar refractivity (Wildman–Crippen MR) is 79.8 cm³/mol. The number of nitrogens with zero attached hydrogens (tertiary/aromatic N) is 2. The Bertz CT molecular complexity index is 596. The molecule has 3 nitrogen and oxygen atoms in total. The fourth-order valence-corrected chi connectivity index (χ4v) is 3.18. The van der Waals surface area contributed by atoms with Gasteiger partial charge in [0.15, 0.2) is 0 Å². The lowest BCUT2D eigenvalue weighted by atomic mass is 10.1. The summed E-state index contributed by atoms with van der Waals surface area (Å²) in [5, 5.41) is 3.44. The molecule has 4 rings (SSSR count). The van der Waals surface area contributed by atoms with Crippen LogP contribution in [0.1, 0.15) is 41.5 Å². The lowest BCUT2D eigenvalue weighted by Gasteiger charge is -2.16. The molecule has 1 aliphatic heterocycles. The zero-order valence-corrected chi connectivity index (χ0v) is 11.8. The second-order valence-electron chi connectivity index (χ2n) is 5.95. The first-order valence-electron chi connectivity index (χ1n) is 7.74. The molecule has 0 amide bonds.